The van der Waals surface area contributed by atoms with Gasteiger partial charge in [-0.1, -0.05) is 17.7 Å². The lowest BCUT2D eigenvalue weighted by atomic mass is 10.0. The topological polar surface area (TPSA) is 120 Å². The predicted octanol–water partition coefficient (Wildman–Crippen LogP) is 4.03. The Labute approximate surface area is 197 Å². The first kappa shape index (κ1) is 23.4. The maximum absolute atomic E-state index is 13.5. The summed E-state index contributed by atoms with van der Waals surface area (Å²) in [6.45, 7) is 1.65. The Morgan fingerprint density at radius 2 is 2.06 bits per heavy atom. The summed E-state index contributed by atoms with van der Waals surface area (Å²) < 4.78 is 35.6. The van der Waals surface area contributed by atoms with Crippen LogP contribution in [0.15, 0.2) is 35.2 Å². The van der Waals surface area contributed by atoms with E-state index in [0.29, 0.717) is 43.9 Å². The quantitative estimate of drug-likeness (QED) is 0.620. The maximum Gasteiger partial charge on any atom is 0.335 e. The minimum Gasteiger partial charge on any atom is -0.478 e. The van der Waals surface area contributed by atoms with Gasteiger partial charge in [0.2, 0.25) is 0 Å². The van der Waals surface area contributed by atoms with E-state index in [2.05, 4.69) is 9.62 Å². The van der Waals surface area contributed by atoms with Crippen molar-refractivity contribution in [1.29, 1.82) is 5.26 Å². The van der Waals surface area contributed by atoms with Gasteiger partial charge in [0.25, 0.3) is 10.0 Å². The van der Waals surface area contributed by atoms with Gasteiger partial charge in [-0.05, 0) is 61.9 Å². The summed E-state index contributed by atoms with van der Waals surface area (Å²) >= 11 is 6.33. The molecule has 8 nitrogen and oxygen atoms in total. The van der Waals surface area contributed by atoms with Crippen molar-refractivity contribution in [2.75, 3.05) is 29.4 Å². The summed E-state index contributed by atoms with van der Waals surface area (Å²) in [5.41, 5.74) is 1.33. The Kier molecular flexibility index (Phi) is 6.79. The van der Waals surface area contributed by atoms with Crippen LogP contribution < -0.4 is 9.62 Å². The fourth-order valence-electron chi connectivity index (χ4n) is 4.39. The highest BCUT2D eigenvalue weighted by molar-refractivity contribution is 7.92. The summed E-state index contributed by atoms with van der Waals surface area (Å²) in [4.78, 5) is 13.5. The van der Waals surface area contributed by atoms with Crippen molar-refractivity contribution in [2.24, 2.45) is 0 Å². The highest BCUT2D eigenvalue weighted by Crippen LogP contribution is 2.37. The van der Waals surface area contributed by atoms with Crippen molar-refractivity contribution < 1.29 is 23.1 Å². The molecule has 0 radical (unpaired) electrons. The molecule has 0 aliphatic carbocycles. The summed E-state index contributed by atoms with van der Waals surface area (Å²) in [6.07, 6.45) is 3.89. The number of benzene rings is 2. The molecule has 2 heterocycles. The van der Waals surface area contributed by atoms with Gasteiger partial charge < -0.3 is 14.7 Å². The number of hydrogen-bond donors (Lipinski definition) is 2. The van der Waals surface area contributed by atoms with E-state index in [-0.39, 0.29) is 32.8 Å². The number of carbonyl (C=O) groups is 1. The maximum atomic E-state index is 13.5. The van der Waals surface area contributed by atoms with Crippen molar-refractivity contribution in [2.45, 2.75) is 43.0 Å². The molecule has 2 aromatic carbocycles. The first-order valence-electron chi connectivity index (χ1n) is 10.8. The normalized spacial score (nSPS) is 20.4. The number of anilines is 2. The number of nitriles is 1. The van der Waals surface area contributed by atoms with Crippen LogP contribution in [-0.2, 0) is 21.2 Å². The molecule has 0 aromatic heterocycles. The number of carboxylic acids is 1. The SMILES string of the molecule is N#Cc1cc2c(cc1Cl)N1CCCC[C@H]1COCCCc1ccc(C(=O)O)cc1S(=O)(=O)N2. The molecular formula is C23H24ClN3O5S. The van der Waals surface area contributed by atoms with Crippen LogP contribution in [0.5, 0.6) is 0 Å². The third-order valence-electron chi connectivity index (χ3n) is 6.04. The molecular weight excluding hydrogens is 466 g/mol. The van der Waals surface area contributed by atoms with E-state index < -0.39 is 16.0 Å². The van der Waals surface area contributed by atoms with Crippen LogP contribution in [0.25, 0.3) is 0 Å². The molecule has 0 amide bonds. The molecule has 0 saturated carbocycles. The Morgan fingerprint density at radius 1 is 1.24 bits per heavy atom. The van der Waals surface area contributed by atoms with Crippen molar-refractivity contribution in [3.63, 3.8) is 0 Å². The predicted molar refractivity (Wildman–Crippen MR) is 125 cm³/mol. The molecule has 1 saturated heterocycles. The molecule has 174 valence electrons. The van der Waals surface area contributed by atoms with Gasteiger partial charge in [-0.15, -0.1) is 0 Å². The number of hydrogen-bond acceptors (Lipinski definition) is 6. The average Bonchev–Trinajstić information content (AvgIpc) is 2.80. The highest BCUT2D eigenvalue weighted by atomic mass is 35.5. The average molecular weight is 490 g/mol. The van der Waals surface area contributed by atoms with Crippen molar-refractivity contribution in [1.82, 2.24) is 0 Å². The molecule has 1 fully saturated rings. The second kappa shape index (κ2) is 9.59. The molecule has 0 unspecified atom stereocenters. The summed E-state index contributed by atoms with van der Waals surface area (Å²) in [7, 11) is -4.16. The molecule has 2 aliphatic rings. The Hall–Kier alpha value is -2.80. The van der Waals surface area contributed by atoms with Crippen LogP contribution >= 0.6 is 11.6 Å². The number of piperidine rings is 1. The van der Waals surface area contributed by atoms with Gasteiger partial charge in [0.15, 0.2) is 0 Å². The van der Waals surface area contributed by atoms with Crippen LogP contribution in [0.2, 0.25) is 5.02 Å². The molecule has 33 heavy (non-hydrogen) atoms. The summed E-state index contributed by atoms with van der Waals surface area (Å²) in [5.74, 6) is -1.21. The van der Waals surface area contributed by atoms with Crippen LogP contribution in [0.3, 0.4) is 0 Å². The van der Waals surface area contributed by atoms with Crippen LogP contribution in [0, 0.1) is 11.3 Å². The zero-order valence-corrected chi connectivity index (χ0v) is 19.5. The van der Waals surface area contributed by atoms with Crippen LogP contribution in [-0.4, -0.2) is 45.3 Å². The number of halogens is 1. The summed E-state index contributed by atoms with van der Waals surface area (Å²) in [5, 5.41) is 19.1. The number of nitrogens with zero attached hydrogens (tertiary/aromatic N) is 2. The number of aryl methyl sites for hydroxylation is 1. The van der Waals surface area contributed by atoms with Gasteiger partial charge in [0.1, 0.15) is 6.07 Å². The number of fused-ring (bicyclic) bond motifs is 4. The fraction of sp³-hybridized carbons (Fsp3) is 0.391. The lowest BCUT2D eigenvalue weighted by Gasteiger charge is -2.38. The fourth-order valence-corrected chi connectivity index (χ4v) is 5.95. The zero-order valence-electron chi connectivity index (χ0n) is 17.9. The van der Waals surface area contributed by atoms with Crippen molar-refractivity contribution in [3.05, 3.63) is 52.0 Å². The number of sulfonamides is 1. The monoisotopic (exact) mass is 489 g/mol. The third-order valence-corrected chi connectivity index (χ3v) is 7.80. The molecule has 10 heteroatoms. The van der Waals surface area contributed by atoms with E-state index in [1.165, 1.54) is 24.3 Å². The van der Waals surface area contributed by atoms with Gasteiger partial charge in [-0.2, -0.15) is 5.26 Å². The van der Waals surface area contributed by atoms with Gasteiger partial charge in [-0.3, -0.25) is 4.72 Å². The molecule has 2 aliphatic heterocycles. The standard InChI is InChI=1S/C23H24ClN3O5S/c24-19-12-21-20(10-17(19)13-25)26-33(30,31)22-11-16(23(28)29)7-6-15(22)4-3-9-32-14-18-5-1-2-8-27(18)21/h6-7,10-12,18,26H,1-5,8-9,14H2,(H,28,29)/t18-/m0/s1. The number of rotatable bonds is 1. The smallest absolute Gasteiger partial charge is 0.335 e. The number of ether oxygens (including phenoxy) is 1. The van der Waals surface area contributed by atoms with E-state index >= 15 is 0 Å². The van der Waals surface area contributed by atoms with Gasteiger partial charge >= 0.3 is 5.97 Å². The van der Waals surface area contributed by atoms with E-state index in [1.54, 1.807) is 6.07 Å². The molecule has 0 bridgehead atoms. The largest absolute Gasteiger partial charge is 0.478 e. The highest BCUT2D eigenvalue weighted by Gasteiger charge is 2.29. The van der Waals surface area contributed by atoms with E-state index in [1.807, 2.05) is 6.07 Å². The number of nitrogens with one attached hydrogen (secondary N) is 1. The molecule has 4 rings (SSSR count). The lowest BCUT2D eigenvalue weighted by Crippen LogP contribution is -2.43. The second-order valence-corrected chi connectivity index (χ2v) is 10.3. The van der Waals surface area contributed by atoms with Crippen molar-refractivity contribution >= 4 is 39.0 Å². The minimum atomic E-state index is -4.16. The van der Waals surface area contributed by atoms with Gasteiger partial charge in [-0.25, -0.2) is 13.2 Å². The molecule has 2 aromatic rings. The number of aromatic carboxylic acids is 1. The summed E-state index contributed by atoms with van der Waals surface area (Å²) in [6, 6.07) is 9.20. The van der Waals surface area contributed by atoms with Gasteiger partial charge in [0.05, 0.1) is 45.1 Å². The molecule has 2 N–H and O–H groups in total. The Morgan fingerprint density at radius 3 is 2.82 bits per heavy atom. The molecule has 1 atom stereocenters. The van der Waals surface area contributed by atoms with Crippen molar-refractivity contribution in [3.8, 4) is 6.07 Å². The minimum absolute atomic E-state index is 0.0488. The van der Waals surface area contributed by atoms with Gasteiger partial charge in [0, 0.05) is 13.2 Å². The third kappa shape index (κ3) is 4.93. The second-order valence-electron chi connectivity index (χ2n) is 8.22. The Balaban J connectivity index is 1.88. The van der Waals surface area contributed by atoms with E-state index in [4.69, 9.17) is 16.3 Å². The Bertz CT molecular complexity index is 1230. The van der Waals surface area contributed by atoms with E-state index in [0.717, 1.165) is 19.3 Å². The zero-order chi connectivity index (χ0) is 23.6. The first-order valence-corrected chi connectivity index (χ1v) is 12.6. The molecule has 0 spiro atoms. The van der Waals surface area contributed by atoms with E-state index in [9.17, 15) is 23.6 Å². The number of carboxylic acid groups (broad SMARTS) is 1. The van der Waals surface area contributed by atoms with Crippen LogP contribution in [0.4, 0.5) is 11.4 Å². The first-order chi connectivity index (χ1) is 15.8. The van der Waals surface area contributed by atoms with Crippen LogP contribution in [0.1, 0.15) is 47.2 Å². The lowest BCUT2D eigenvalue weighted by molar-refractivity contribution is 0.0696.